The lowest BCUT2D eigenvalue weighted by Gasteiger charge is -2.47. The molecule has 1 aromatic carbocycles. The number of carbonyl (C=O) groups is 2. The van der Waals surface area contributed by atoms with Crippen LogP contribution in [-0.4, -0.2) is 52.4 Å². The molecule has 2 aliphatic rings. The first-order chi connectivity index (χ1) is 12.0. The van der Waals surface area contributed by atoms with Crippen LogP contribution in [0.2, 0.25) is 0 Å². The summed E-state index contributed by atoms with van der Waals surface area (Å²) < 4.78 is 5.07. The molecule has 9 heteroatoms. The number of carbonyl (C=O) groups excluding carboxylic acids is 1. The van der Waals surface area contributed by atoms with Gasteiger partial charge in [-0.2, -0.15) is 0 Å². The van der Waals surface area contributed by atoms with Gasteiger partial charge in [0, 0.05) is 11.3 Å². The van der Waals surface area contributed by atoms with Crippen LogP contribution in [0.4, 0.5) is 0 Å². The molecule has 3 rings (SSSR count). The van der Waals surface area contributed by atoms with Crippen LogP contribution in [0.1, 0.15) is 5.56 Å². The summed E-state index contributed by atoms with van der Waals surface area (Å²) in [5.74, 6) is -0.421. The molecule has 2 heterocycles. The molecule has 0 spiro atoms. The first-order valence-corrected chi connectivity index (χ1v) is 8.52. The molecule has 0 unspecified atom stereocenters. The average molecular weight is 363 g/mol. The highest BCUT2D eigenvalue weighted by Crippen LogP contribution is 2.38. The Balaban J connectivity index is 1.66. The zero-order chi connectivity index (χ0) is 18.0. The van der Waals surface area contributed by atoms with Gasteiger partial charge in [-0.05, 0) is 17.7 Å². The summed E-state index contributed by atoms with van der Waals surface area (Å²) in [4.78, 5) is 29.8. The Labute approximate surface area is 148 Å². The third-order valence-corrected chi connectivity index (χ3v) is 5.24. The summed E-state index contributed by atoms with van der Waals surface area (Å²) in [6.45, 7) is 0.236. The van der Waals surface area contributed by atoms with Crippen molar-refractivity contribution in [1.29, 1.82) is 0 Å². The van der Waals surface area contributed by atoms with Crippen LogP contribution in [0.5, 0.6) is 5.75 Å². The van der Waals surface area contributed by atoms with Gasteiger partial charge < -0.3 is 20.4 Å². The smallest absolute Gasteiger partial charge is 0.353 e. The number of rotatable bonds is 6. The lowest BCUT2D eigenvalue weighted by molar-refractivity contribution is -0.147. The number of nitrogens with zero attached hydrogens (tertiary/aromatic N) is 2. The molecule has 3 N–H and O–H groups in total. The van der Waals surface area contributed by atoms with E-state index >= 15 is 0 Å². The number of fused-ring (bicyclic) bond motifs is 1. The molecule has 0 bridgehead atoms. The molecule has 1 aromatic rings. The second kappa shape index (κ2) is 7.16. The van der Waals surface area contributed by atoms with E-state index in [9.17, 15) is 14.7 Å². The van der Waals surface area contributed by atoms with Crippen molar-refractivity contribution in [3.05, 3.63) is 41.1 Å². The summed E-state index contributed by atoms with van der Waals surface area (Å²) in [6.07, 6.45) is 1.34. The maximum Gasteiger partial charge on any atom is 0.353 e. The summed E-state index contributed by atoms with van der Waals surface area (Å²) in [7, 11) is 1.59. The molecule has 0 aromatic heterocycles. The van der Waals surface area contributed by atoms with Crippen LogP contribution in [0, 0.1) is 0 Å². The number of carboxylic acid groups (broad SMARTS) is 1. The number of hydrogen-bond donors (Lipinski definition) is 2. The first-order valence-electron chi connectivity index (χ1n) is 7.48. The van der Waals surface area contributed by atoms with Crippen LogP contribution in [-0.2, 0) is 21.0 Å². The van der Waals surface area contributed by atoms with Crippen LogP contribution in [0.3, 0.4) is 0 Å². The van der Waals surface area contributed by atoms with E-state index in [1.54, 1.807) is 7.11 Å². The highest BCUT2D eigenvalue weighted by Gasteiger charge is 2.51. The van der Waals surface area contributed by atoms with Crippen molar-refractivity contribution in [2.45, 2.75) is 18.0 Å². The van der Waals surface area contributed by atoms with Gasteiger partial charge >= 0.3 is 5.97 Å². The van der Waals surface area contributed by atoms with E-state index in [0.29, 0.717) is 11.3 Å². The highest BCUT2D eigenvalue weighted by atomic mass is 32.2. The van der Waals surface area contributed by atoms with E-state index < -0.39 is 12.0 Å². The van der Waals surface area contributed by atoms with Gasteiger partial charge in [-0.3, -0.25) is 9.69 Å². The monoisotopic (exact) mass is 363 g/mol. The standard InChI is InChI=1S/C16H17N3O5S/c1-23-11-4-2-9(3-5-11)7-24-18-6-10-8-25-15-12(17)14(20)19(15)13(10)16(21)22/h2-6,12,15H,7-8,17H2,1H3,(H,21,22)/t12-,15+/m1/s1. The highest BCUT2D eigenvalue weighted by molar-refractivity contribution is 8.00. The van der Waals surface area contributed by atoms with Crippen LogP contribution < -0.4 is 10.5 Å². The Morgan fingerprint density at radius 1 is 1.48 bits per heavy atom. The molecular weight excluding hydrogens is 346 g/mol. The minimum absolute atomic E-state index is 0.0766. The fraction of sp³-hybridized carbons (Fsp3) is 0.312. The molecule has 1 fully saturated rings. The second-order valence-corrected chi connectivity index (χ2v) is 6.58. The van der Waals surface area contributed by atoms with Crippen molar-refractivity contribution >= 4 is 29.9 Å². The summed E-state index contributed by atoms with van der Waals surface area (Å²) in [5, 5.41) is 12.9. The molecule has 1 saturated heterocycles. The SMILES string of the molecule is COc1ccc(CON=CC2=C(C(=O)O)N3C(=O)[C@@H](N)[C@@H]3SC2)cc1. The van der Waals surface area contributed by atoms with E-state index in [0.717, 1.165) is 11.3 Å². The number of thioether (sulfide) groups is 1. The molecule has 0 radical (unpaired) electrons. The van der Waals surface area contributed by atoms with Gasteiger partial charge in [0.15, 0.2) is 0 Å². The van der Waals surface area contributed by atoms with E-state index in [-0.39, 0.29) is 23.6 Å². The number of carboxylic acids is 1. The lowest BCUT2D eigenvalue weighted by Crippen LogP contribution is -2.68. The van der Waals surface area contributed by atoms with Crippen molar-refractivity contribution in [2.75, 3.05) is 12.9 Å². The molecular formula is C16H17N3O5S. The molecule has 0 saturated carbocycles. The third-order valence-electron chi connectivity index (χ3n) is 3.91. The number of β-lactam (4-membered cyclic amide) rings is 1. The van der Waals surface area contributed by atoms with Gasteiger partial charge in [0.1, 0.15) is 29.5 Å². The molecule has 1 amide bonds. The van der Waals surface area contributed by atoms with Gasteiger partial charge in [0.05, 0.1) is 13.3 Å². The minimum atomic E-state index is -1.18. The van der Waals surface area contributed by atoms with Crippen molar-refractivity contribution in [3.63, 3.8) is 0 Å². The number of oxime groups is 1. The number of benzene rings is 1. The zero-order valence-electron chi connectivity index (χ0n) is 13.4. The molecule has 2 aliphatic heterocycles. The third kappa shape index (κ3) is 3.33. The fourth-order valence-corrected chi connectivity index (χ4v) is 3.82. The number of amides is 1. The summed E-state index contributed by atoms with van der Waals surface area (Å²) in [6, 6.07) is 6.66. The molecule has 0 aliphatic carbocycles. The van der Waals surface area contributed by atoms with Gasteiger partial charge in [0.25, 0.3) is 0 Å². The van der Waals surface area contributed by atoms with Gasteiger partial charge in [-0.15, -0.1) is 11.8 Å². The maximum atomic E-state index is 11.8. The normalized spacial score (nSPS) is 22.6. The molecule has 8 nitrogen and oxygen atoms in total. The van der Waals surface area contributed by atoms with E-state index in [4.69, 9.17) is 15.3 Å². The molecule has 25 heavy (non-hydrogen) atoms. The maximum absolute atomic E-state index is 11.8. The van der Waals surface area contributed by atoms with Crippen LogP contribution >= 0.6 is 11.8 Å². The van der Waals surface area contributed by atoms with Gasteiger partial charge in [-0.25, -0.2) is 4.79 Å². The fourth-order valence-electron chi connectivity index (χ4n) is 2.57. The molecule has 132 valence electrons. The minimum Gasteiger partial charge on any atom is -0.497 e. The Bertz CT molecular complexity index is 747. The Hall–Kier alpha value is -2.52. The number of hydrogen-bond acceptors (Lipinski definition) is 7. The van der Waals surface area contributed by atoms with Crippen LogP contribution in [0.25, 0.3) is 0 Å². The van der Waals surface area contributed by atoms with Crippen LogP contribution in [0.15, 0.2) is 40.7 Å². The lowest BCUT2D eigenvalue weighted by atomic mass is 10.0. The second-order valence-electron chi connectivity index (χ2n) is 5.47. The Morgan fingerprint density at radius 2 is 2.20 bits per heavy atom. The Morgan fingerprint density at radius 3 is 2.84 bits per heavy atom. The van der Waals surface area contributed by atoms with E-state index in [1.165, 1.54) is 22.9 Å². The van der Waals surface area contributed by atoms with Gasteiger partial charge in [0.2, 0.25) is 5.91 Å². The average Bonchev–Trinajstić information content (AvgIpc) is 2.64. The van der Waals surface area contributed by atoms with E-state index in [1.807, 2.05) is 24.3 Å². The van der Waals surface area contributed by atoms with Crippen molar-refractivity contribution in [1.82, 2.24) is 4.90 Å². The van der Waals surface area contributed by atoms with Crippen molar-refractivity contribution in [2.24, 2.45) is 10.9 Å². The summed E-state index contributed by atoms with van der Waals surface area (Å²) >= 11 is 1.41. The predicted molar refractivity (Wildman–Crippen MR) is 92.0 cm³/mol. The molecule has 2 atom stereocenters. The number of methoxy groups -OCH3 is 1. The zero-order valence-corrected chi connectivity index (χ0v) is 14.2. The Kier molecular flexibility index (Phi) is 4.95. The van der Waals surface area contributed by atoms with E-state index in [2.05, 4.69) is 5.16 Å². The first kappa shape index (κ1) is 17.3. The number of aliphatic carboxylic acids is 1. The predicted octanol–water partition coefficient (Wildman–Crippen LogP) is 0.779. The quantitative estimate of drug-likeness (QED) is 0.436. The van der Waals surface area contributed by atoms with Crippen molar-refractivity contribution in [3.8, 4) is 5.75 Å². The van der Waals surface area contributed by atoms with Crippen molar-refractivity contribution < 1.29 is 24.3 Å². The number of nitrogens with two attached hydrogens (primary N) is 1. The largest absolute Gasteiger partial charge is 0.497 e. The van der Waals surface area contributed by atoms with Gasteiger partial charge in [-0.1, -0.05) is 17.3 Å². The number of ether oxygens (including phenoxy) is 1. The topological polar surface area (TPSA) is 114 Å². The summed E-state index contributed by atoms with van der Waals surface area (Å²) in [5.41, 5.74) is 6.94.